The van der Waals surface area contributed by atoms with E-state index in [0.717, 1.165) is 54.7 Å². The Morgan fingerprint density at radius 3 is 2.09 bits per heavy atom. The van der Waals surface area contributed by atoms with Gasteiger partial charge in [-0.05, 0) is 25.1 Å². The number of para-hydroxylation sites is 3. The molecular weight excluding hydrogens is 398 g/mol. The van der Waals surface area contributed by atoms with E-state index in [2.05, 4.69) is 16.0 Å². The van der Waals surface area contributed by atoms with E-state index in [1.165, 1.54) is 0 Å². The third kappa shape index (κ3) is 2.48. The molecule has 156 valence electrons. The van der Waals surface area contributed by atoms with E-state index in [1.807, 2.05) is 73.7 Å². The summed E-state index contributed by atoms with van der Waals surface area (Å²) in [7, 11) is 0. The van der Waals surface area contributed by atoms with Gasteiger partial charge in [0.2, 0.25) is 0 Å². The Kier molecular flexibility index (Phi) is 3.98. The predicted molar refractivity (Wildman–Crippen MR) is 131 cm³/mol. The number of nitrogens with one attached hydrogen (secondary N) is 2. The summed E-state index contributed by atoms with van der Waals surface area (Å²) in [4.78, 5) is 20.4. The van der Waals surface area contributed by atoms with Crippen molar-refractivity contribution in [3.05, 3.63) is 78.4 Å². The molecule has 0 unspecified atom stereocenters. The normalized spacial score (nSPS) is 11.7. The number of nitrogens with two attached hydrogens (primary N) is 1. The molecule has 4 aromatic carbocycles. The number of benzene rings is 4. The van der Waals surface area contributed by atoms with Crippen LogP contribution in [0.2, 0.25) is 0 Å². The van der Waals surface area contributed by atoms with Crippen molar-refractivity contribution in [2.24, 2.45) is 0 Å². The molecule has 0 amide bonds. The molecular formula is C27H21N3O2. The van der Waals surface area contributed by atoms with Crippen LogP contribution in [0, 0.1) is 0 Å². The summed E-state index contributed by atoms with van der Waals surface area (Å²) in [5, 5.41) is 3.81. The first-order valence-corrected chi connectivity index (χ1v) is 10.7. The van der Waals surface area contributed by atoms with Gasteiger partial charge < -0.3 is 20.4 Å². The van der Waals surface area contributed by atoms with Crippen molar-refractivity contribution in [3.63, 3.8) is 0 Å². The van der Waals surface area contributed by atoms with Crippen LogP contribution in [0.5, 0.6) is 0 Å². The average Bonchev–Trinajstić information content (AvgIpc) is 3.37. The lowest BCUT2D eigenvalue weighted by molar-refractivity contribution is 0.0531. The van der Waals surface area contributed by atoms with Crippen LogP contribution in [0.4, 0.5) is 5.69 Å². The molecule has 0 atom stereocenters. The van der Waals surface area contributed by atoms with Crippen molar-refractivity contribution >= 4 is 55.3 Å². The summed E-state index contributed by atoms with van der Waals surface area (Å²) in [6.07, 6.45) is 0. The molecule has 32 heavy (non-hydrogen) atoms. The van der Waals surface area contributed by atoms with E-state index in [9.17, 15) is 4.79 Å². The van der Waals surface area contributed by atoms with Crippen LogP contribution in [0.25, 0.3) is 54.7 Å². The van der Waals surface area contributed by atoms with Gasteiger partial charge in [0.25, 0.3) is 0 Å². The molecule has 2 aromatic heterocycles. The van der Waals surface area contributed by atoms with Crippen molar-refractivity contribution in [1.29, 1.82) is 0 Å². The van der Waals surface area contributed by atoms with Gasteiger partial charge in [0.15, 0.2) is 0 Å². The quantitative estimate of drug-likeness (QED) is 0.230. The number of carbonyl (C=O) groups is 1. The maximum atomic E-state index is 13.3. The number of H-pyrrole nitrogens is 2. The fraction of sp³-hybridized carbons (Fsp3) is 0.0741. The van der Waals surface area contributed by atoms with Crippen LogP contribution >= 0.6 is 0 Å². The van der Waals surface area contributed by atoms with Gasteiger partial charge in [-0.1, -0.05) is 54.6 Å². The number of rotatable bonds is 3. The van der Waals surface area contributed by atoms with Crippen molar-refractivity contribution < 1.29 is 9.53 Å². The minimum Gasteiger partial charge on any atom is -0.462 e. The maximum Gasteiger partial charge on any atom is 0.340 e. The summed E-state index contributed by atoms with van der Waals surface area (Å²) >= 11 is 0. The number of esters is 1. The zero-order valence-corrected chi connectivity index (χ0v) is 17.5. The number of hydrogen-bond acceptors (Lipinski definition) is 3. The van der Waals surface area contributed by atoms with Crippen LogP contribution < -0.4 is 5.73 Å². The van der Waals surface area contributed by atoms with Crippen LogP contribution in [-0.4, -0.2) is 22.5 Å². The third-order valence-corrected chi connectivity index (χ3v) is 6.12. The number of nitrogen functional groups attached to an aromatic ring is 1. The highest BCUT2D eigenvalue weighted by molar-refractivity contribution is 6.32. The summed E-state index contributed by atoms with van der Waals surface area (Å²) < 4.78 is 5.53. The summed E-state index contributed by atoms with van der Waals surface area (Å²) in [5.41, 5.74) is 13.2. The molecule has 0 bridgehead atoms. The Bertz CT molecular complexity index is 1670. The zero-order valence-electron chi connectivity index (χ0n) is 17.5. The van der Waals surface area contributed by atoms with Gasteiger partial charge >= 0.3 is 5.97 Å². The number of hydrogen-bond donors (Lipinski definition) is 3. The van der Waals surface area contributed by atoms with Crippen molar-refractivity contribution in [3.8, 4) is 11.1 Å². The first kappa shape index (κ1) is 18.5. The van der Waals surface area contributed by atoms with Crippen LogP contribution in [0.3, 0.4) is 0 Å². The summed E-state index contributed by atoms with van der Waals surface area (Å²) in [6.45, 7) is 2.13. The molecule has 5 heteroatoms. The van der Waals surface area contributed by atoms with Gasteiger partial charge in [0, 0.05) is 49.4 Å². The van der Waals surface area contributed by atoms with E-state index in [4.69, 9.17) is 10.5 Å². The van der Waals surface area contributed by atoms with Crippen LogP contribution in [0.15, 0.2) is 72.8 Å². The Labute approximate surface area is 183 Å². The second kappa shape index (κ2) is 6.89. The van der Waals surface area contributed by atoms with E-state index < -0.39 is 0 Å². The van der Waals surface area contributed by atoms with Crippen molar-refractivity contribution in [1.82, 2.24) is 9.97 Å². The number of fused-ring (bicyclic) bond motifs is 6. The topological polar surface area (TPSA) is 83.9 Å². The summed E-state index contributed by atoms with van der Waals surface area (Å²) in [5.74, 6) is -0.341. The van der Waals surface area contributed by atoms with Gasteiger partial charge in [0.1, 0.15) is 0 Å². The van der Waals surface area contributed by atoms with Crippen molar-refractivity contribution in [2.45, 2.75) is 6.92 Å². The zero-order chi connectivity index (χ0) is 21.8. The van der Waals surface area contributed by atoms with Gasteiger partial charge in [0.05, 0.1) is 23.2 Å². The lowest BCUT2D eigenvalue weighted by atomic mass is 9.92. The minimum atomic E-state index is -0.341. The largest absolute Gasteiger partial charge is 0.462 e. The molecule has 0 aliphatic rings. The molecule has 0 fully saturated rings. The molecule has 0 saturated heterocycles. The third-order valence-electron chi connectivity index (χ3n) is 6.12. The van der Waals surface area contributed by atoms with Crippen LogP contribution in [-0.2, 0) is 4.74 Å². The van der Waals surface area contributed by atoms with Gasteiger partial charge in [-0.2, -0.15) is 0 Å². The standard InChI is InChI=1S/C27H21N3O2/c1-2-32-27(31)24-23-17-11-5-8-14-20(17)29-25(23)21(15-9-3-6-12-18(15)28)22-16-10-4-7-13-19(16)30-26(22)24/h3-14,29-30H,2,28H2,1H3. The molecule has 2 heterocycles. The van der Waals surface area contributed by atoms with Gasteiger partial charge in [-0.25, -0.2) is 4.79 Å². The second-order valence-electron chi connectivity index (χ2n) is 7.90. The fourth-order valence-electron chi connectivity index (χ4n) is 4.83. The first-order chi connectivity index (χ1) is 15.7. The highest BCUT2D eigenvalue weighted by Crippen LogP contribution is 2.46. The molecule has 6 aromatic rings. The Hall–Kier alpha value is -4.25. The molecule has 0 aliphatic carbocycles. The SMILES string of the molecule is CCOC(=O)c1c2[nH]c3ccccc3c2c(-c2ccccc2N)c2[nH]c3ccccc3c12. The lowest BCUT2D eigenvalue weighted by Crippen LogP contribution is -2.07. The van der Waals surface area contributed by atoms with E-state index in [-0.39, 0.29) is 5.97 Å². The lowest BCUT2D eigenvalue weighted by Gasteiger charge is -2.13. The molecule has 4 N–H and O–H groups in total. The Morgan fingerprint density at radius 1 is 0.812 bits per heavy atom. The number of carbonyl (C=O) groups excluding carboxylic acids is 1. The number of anilines is 1. The van der Waals surface area contributed by atoms with Gasteiger partial charge in [-0.3, -0.25) is 0 Å². The Morgan fingerprint density at radius 2 is 1.41 bits per heavy atom. The smallest absolute Gasteiger partial charge is 0.340 e. The fourth-order valence-corrected chi connectivity index (χ4v) is 4.83. The first-order valence-electron chi connectivity index (χ1n) is 10.7. The maximum absolute atomic E-state index is 13.3. The monoisotopic (exact) mass is 419 g/mol. The molecule has 5 nitrogen and oxygen atoms in total. The van der Waals surface area contributed by atoms with E-state index in [1.54, 1.807) is 0 Å². The number of aromatic nitrogens is 2. The molecule has 0 radical (unpaired) electrons. The number of aromatic amines is 2. The number of ether oxygens (including phenoxy) is 1. The Balaban J connectivity index is 1.95. The molecule has 0 saturated carbocycles. The highest BCUT2D eigenvalue weighted by atomic mass is 16.5. The van der Waals surface area contributed by atoms with Crippen molar-refractivity contribution in [2.75, 3.05) is 12.3 Å². The minimum absolute atomic E-state index is 0.303. The van der Waals surface area contributed by atoms with E-state index in [0.29, 0.717) is 17.9 Å². The molecule has 0 spiro atoms. The average molecular weight is 419 g/mol. The highest BCUT2D eigenvalue weighted by Gasteiger charge is 2.27. The van der Waals surface area contributed by atoms with Crippen LogP contribution in [0.1, 0.15) is 17.3 Å². The molecule has 6 rings (SSSR count). The molecule has 0 aliphatic heterocycles. The van der Waals surface area contributed by atoms with E-state index >= 15 is 0 Å². The summed E-state index contributed by atoms with van der Waals surface area (Å²) in [6, 6.07) is 24.0. The van der Waals surface area contributed by atoms with Gasteiger partial charge in [-0.15, -0.1) is 0 Å². The predicted octanol–water partition coefficient (Wildman–Crippen LogP) is 6.38. The second-order valence-corrected chi connectivity index (χ2v) is 7.90.